The van der Waals surface area contributed by atoms with Crippen molar-refractivity contribution in [3.05, 3.63) is 87.4 Å². The van der Waals surface area contributed by atoms with Crippen LogP contribution in [0.2, 0.25) is 0 Å². The minimum Gasteiger partial charge on any atom is -0.468 e. The van der Waals surface area contributed by atoms with Gasteiger partial charge in [0.15, 0.2) is 4.77 Å². The van der Waals surface area contributed by atoms with E-state index in [0.29, 0.717) is 16.2 Å². The summed E-state index contributed by atoms with van der Waals surface area (Å²) in [4.78, 5) is 13.4. The summed E-state index contributed by atoms with van der Waals surface area (Å²) >= 11 is 5.77. The smallest absolute Gasteiger partial charge is 0.270 e. The van der Waals surface area contributed by atoms with Crippen LogP contribution in [0.5, 0.6) is 5.88 Å². The average molecular weight is 376 g/mol. The van der Waals surface area contributed by atoms with E-state index >= 15 is 0 Å². The summed E-state index contributed by atoms with van der Waals surface area (Å²) in [6.07, 6.45) is 1.98. The van der Waals surface area contributed by atoms with Crippen LogP contribution in [-0.2, 0) is 0 Å². The first-order chi connectivity index (χ1) is 12.9. The average Bonchev–Trinajstić information content (AvgIpc) is 2.62. The highest BCUT2D eigenvalue weighted by Gasteiger charge is 2.31. The Bertz CT molecular complexity index is 1160. The molecule has 0 saturated carbocycles. The third-order valence-electron chi connectivity index (χ3n) is 4.56. The Labute approximate surface area is 163 Å². The first kappa shape index (κ1) is 17.5. The summed E-state index contributed by atoms with van der Waals surface area (Å²) in [7, 11) is 0. The number of para-hydroxylation sites is 2. The van der Waals surface area contributed by atoms with Gasteiger partial charge in [-0.05, 0) is 68.9 Å². The molecule has 0 radical (unpaired) electrons. The van der Waals surface area contributed by atoms with Gasteiger partial charge in [0, 0.05) is 0 Å². The molecule has 0 aliphatic carbocycles. The van der Waals surface area contributed by atoms with Crippen molar-refractivity contribution < 1.29 is 4.74 Å². The van der Waals surface area contributed by atoms with Gasteiger partial charge in [-0.15, -0.1) is 0 Å². The maximum Gasteiger partial charge on any atom is 0.270 e. The minimum absolute atomic E-state index is 0.169. The van der Waals surface area contributed by atoms with Gasteiger partial charge in [0.2, 0.25) is 5.88 Å². The molecule has 136 valence electrons. The highest BCUT2D eigenvalue weighted by molar-refractivity contribution is 7.71. The molecule has 27 heavy (non-hydrogen) atoms. The summed E-state index contributed by atoms with van der Waals surface area (Å²) in [5.74, 6) is 0.494. The molecule has 0 amide bonds. The normalized spacial score (nSPS) is 14.9. The molecule has 0 saturated heterocycles. The van der Waals surface area contributed by atoms with Crippen LogP contribution >= 0.6 is 12.2 Å². The van der Waals surface area contributed by atoms with Crippen molar-refractivity contribution >= 4 is 17.8 Å². The lowest BCUT2D eigenvalue weighted by Crippen LogP contribution is -2.36. The highest BCUT2D eigenvalue weighted by atomic mass is 32.1. The summed E-state index contributed by atoms with van der Waals surface area (Å²) < 4.78 is 10.0. The summed E-state index contributed by atoms with van der Waals surface area (Å²) in [5, 5.41) is 0. The maximum atomic E-state index is 13.4. The zero-order valence-electron chi connectivity index (χ0n) is 15.5. The van der Waals surface area contributed by atoms with Crippen molar-refractivity contribution in [2.24, 2.45) is 0 Å². The quantitative estimate of drug-likeness (QED) is 0.595. The van der Waals surface area contributed by atoms with Gasteiger partial charge in [0.05, 0.1) is 11.4 Å². The highest BCUT2D eigenvalue weighted by Crippen LogP contribution is 2.35. The second-order valence-electron chi connectivity index (χ2n) is 7.14. The van der Waals surface area contributed by atoms with E-state index in [0.717, 1.165) is 16.9 Å². The molecule has 0 fully saturated rings. The van der Waals surface area contributed by atoms with E-state index < -0.39 is 5.60 Å². The number of ether oxygens (including phenoxy) is 1. The van der Waals surface area contributed by atoms with Crippen LogP contribution in [-0.4, -0.2) is 14.7 Å². The Hall–Kier alpha value is -2.92. The topological polar surface area (TPSA) is 36.2 Å². The molecule has 1 aromatic heterocycles. The minimum atomic E-state index is -0.527. The molecule has 0 N–H and O–H groups in total. The molecule has 1 aliphatic rings. The monoisotopic (exact) mass is 376 g/mol. The lowest BCUT2D eigenvalue weighted by Gasteiger charge is -2.32. The number of rotatable bonds is 2. The number of allylic oxidation sites excluding steroid dienone is 1. The van der Waals surface area contributed by atoms with Crippen LogP contribution in [0.25, 0.3) is 16.9 Å². The van der Waals surface area contributed by atoms with Gasteiger partial charge in [-0.3, -0.25) is 13.9 Å². The molecule has 0 bridgehead atoms. The van der Waals surface area contributed by atoms with E-state index in [1.807, 2.05) is 92.1 Å². The Morgan fingerprint density at radius 1 is 0.889 bits per heavy atom. The summed E-state index contributed by atoms with van der Waals surface area (Å²) in [5.41, 5.74) is 2.32. The SMILES string of the molecule is CC1=CC(C)(C)Oc2c1c(=O)n(-c1ccccc1)c(=S)n2-c1ccccc1. The number of aromatic nitrogens is 2. The van der Waals surface area contributed by atoms with Crippen molar-refractivity contribution in [3.63, 3.8) is 0 Å². The molecule has 4 rings (SSSR count). The number of hydrogen-bond donors (Lipinski definition) is 0. The first-order valence-electron chi connectivity index (χ1n) is 8.81. The molecular weight excluding hydrogens is 356 g/mol. The Kier molecular flexibility index (Phi) is 4.12. The zero-order chi connectivity index (χ0) is 19.2. The van der Waals surface area contributed by atoms with E-state index in [-0.39, 0.29) is 5.56 Å². The Morgan fingerprint density at radius 2 is 1.41 bits per heavy atom. The van der Waals surface area contributed by atoms with Crippen molar-refractivity contribution in [1.82, 2.24) is 9.13 Å². The number of nitrogens with zero attached hydrogens (tertiary/aromatic N) is 2. The molecule has 3 aromatic rings. The molecular formula is C22H20N2O2S. The molecule has 1 aliphatic heterocycles. The van der Waals surface area contributed by atoms with Crippen LogP contribution in [0.3, 0.4) is 0 Å². The maximum absolute atomic E-state index is 13.4. The number of fused-ring (bicyclic) bond motifs is 1. The molecule has 5 heteroatoms. The predicted molar refractivity (Wildman–Crippen MR) is 111 cm³/mol. The third-order valence-corrected chi connectivity index (χ3v) is 4.93. The molecule has 2 heterocycles. The predicted octanol–water partition coefficient (Wildman–Crippen LogP) is 4.93. The standard InChI is InChI=1S/C22H20N2O2S/c1-15-14-22(2,3)26-20-18(15)19(25)23(16-10-6-4-7-11-16)21(27)24(20)17-12-8-5-9-13-17/h4-14H,1-3H3. The zero-order valence-corrected chi connectivity index (χ0v) is 16.3. The molecule has 4 nitrogen and oxygen atoms in total. The second-order valence-corrected chi connectivity index (χ2v) is 7.51. The fourth-order valence-corrected chi connectivity index (χ4v) is 3.88. The van der Waals surface area contributed by atoms with Gasteiger partial charge in [0.25, 0.3) is 5.56 Å². The third kappa shape index (κ3) is 2.94. The van der Waals surface area contributed by atoms with Gasteiger partial charge in [-0.2, -0.15) is 0 Å². The lowest BCUT2D eigenvalue weighted by atomic mass is 9.98. The molecule has 0 spiro atoms. The summed E-state index contributed by atoms with van der Waals surface area (Å²) in [6, 6.07) is 19.2. The van der Waals surface area contributed by atoms with E-state index in [1.54, 1.807) is 4.57 Å². The van der Waals surface area contributed by atoms with E-state index in [1.165, 1.54) is 0 Å². The number of benzene rings is 2. The van der Waals surface area contributed by atoms with Crippen molar-refractivity contribution in [3.8, 4) is 17.3 Å². The van der Waals surface area contributed by atoms with Crippen LogP contribution < -0.4 is 10.3 Å². The van der Waals surface area contributed by atoms with E-state index in [4.69, 9.17) is 17.0 Å². The molecule has 2 aromatic carbocycles. The van der Waals surface area contributed by atoms with Crippen LogP contribution in [0.4, 0.5) is 0 Å². The van der Waals surface area contributed by atoms with Crippen molar-refractivity contribution in [2.75, 3.05) is 0 Å². The van der Waals surface area contributed by atoms with Gasteiger partial charge in [0.1, 0.15) is 11.2 Å². The fourth-order valence-electron chi connectivity index (χ4n) is 3.50. The molecule has 0 unspecified atom stereocenters. The van der Waals surface area contributed by atoms with Crippen molar-refractivity contribution in [1.29, 1.82) is 0 Å². The van der Waals surface area contributed by atoms with Crippen LogP contribution in [0.15, 0.2) is 71.5 Å². The van der Waals surface area contributed by atoms with Gasteiger partial charge in [-0.25, -0.2) is 0 Å². The lowest BCUT2D eigenvalue weighted by molar-refractivity contribution is 0.144. The Balaban J connectivity index is 2.17. The van der Waals surface area contributed by atoms with Crippen LogP contribution in [0.1, 0.15) is 26.3 Å². The van der Waals surface area contributed by atoms with Gasteiger partial charge < -0.3 is 4.74 Å². The van der Waals surface area contributed by atoms with E-state index in [9.17, 15) is 4.79 Å². The van der Waals surface area contributed by atoms with Crippen LogP contribution in [0, 0.1) is 4.77 Å². The second kappa shape index (κ2) is 6.35. The summed E-state index contributed by atoms with van der Waals surface area (Å²) in [6.45, 7) is 5.89. The van der Waals surface area contributed by atoms with Gasteiger partial charge >= 0.3 is 0 Å². The largest absolute Gasteiger partial charge is 0.468 e. The first-order valence-corrected chi connectivity index (χ1v) is 9.22. The van der Waals surface area contributed by atoms with Gasteiger partial charge in [-0.1, -0.05) is 36.4 Å². The molecule has 0 atom stereocenters. The van der Waals surface area contributed by atoms with E-state index in [2.05, 4.69) is 0 Å². The van der Waals surface area contributed by atoms with Crippen molar-refractivity contribution in [2.45, 2.75) is 26.4 Å². The number of hydrogen-bond acceptors (Lipinski definition) is 3. The fraction of sp³-hybridized carbons (Fsp3) is 0.182. The Morgan fingerprint density at radius 3 is 1.96 bits per heavy atom.